The van der Waals surface area contributed by atoms with Crippen LogP contribution in [0.2, 0.25) is 4.34 Å². The van der Waals surface area contributed by atoms with E-state index in [1.165, 1.54) is 11.3 Å². The second-order valence-corrected chi connectivity index (χ2v) is 3.72. The van der Waals surface area contributed by atoms with Gasteiger partial charge in [-0.1, -0.05) is 11.6 Å². The second kappa shape index (κ2) is 3.42. The van der Waals surface area contributed by atoms with Crippen LogP contribution in [0.25, 0.3) is 0 Å². The fraction of sp³-hybridized carbons (Fsp3) is 0.167. The van der Waals surface area contributed by atoms with Gasteiger partial charge in [0.1, 0.15) is 0 Å². The monoisotopic (exact) mass is 192 g/mol. The van der Waals surface area contributed by atoms with Crippen LogP contribution in [0.3, 0.4) is 0 Å². The summed E-state index contributed by atoms with van der Waals surface area (Å²) >= 11 is 10.7. The Hall–Kier alpha value is 0.01000. The third-order valence-electron chi connectivity index (χ3n) is 0.992. The standard InChI is InChI=1S/C6H5ClOS2/c7-6-2-1-5(10-6)4(8)3-9/h1-2,9H,3H2. The summed E-state index contributed by atoms with van der Waals surface area (Å²) in [5.74, 6) is 0.275. The van der Waals surface area contributed by atoms with Gasteiger partial charge in [-0.05, 0) is 12.1 Å². The maximum atomic E-state index is 10.9. The lowest BCUT2D eigenvalue weighted by Crippen LogP contribution is -1.95. The maximum absolute atomic E-state index is 10.9. The van der Waals surface area contributed by atoms with Gasteiger partial charge in [-0.15, -0.1) is 11.3 Å². The van der Waals surface area contributed by atoms with E-state index in [1.807, 2.05) is 0 Å². The Morgan fingerprint density at radius 1 is 1.70 bits per heavy atom. The molecule has 10 heavy (non-hydrogen) atoms. The quantitative estimate of drug-likeness (QED) is 0.563. The molecule has 0 bridgehead atoms. The highest BCUT2D eigenvalue weighted by atomic mass is 35.5. The average Bonchev–Trinajstić information content (AvgIpc) is 2.34. The van der Waals surface area contributed by atoms with Crippen LogP contribution in [0.4, 0.5) is 0 Å². The number of hydrogen-bond donors (Lipinski definition) is 1. The van der Waals surface area contributed by atoms with Crippen molar-refractivity contribution in [3.8, 4) is 0 Å². The second-order valence-electron chi connectivity index (χ2n) is 1.69. The zero-order valence-corrected chi connectivity index (χ0v) is 7.47. The topological polar surface area (TPSA) is 17.1 Å². The average molecular weight is 193 g/mol. The molecule has 1 aromatic rings. The third kappa shape index (κ3) is 1.75. The zero-order chi connectivity index (χ0) is 7.56. The van der Waals surface area contributed by atoms with Crippen LogP contribution in [-0.4, -0.2) is 11.5 Å². The Bertz CT molecular complexity index is 244. The molecule has 0 N–H and O–H groups in total. The minimum absolute atomic E-state index is 0.0280. The van der Waals surface area contributed by atoms with E-state index in [2.05, 4.69) is 12.6 Å². The highest BCUT2D eigenvalue weighted by Crippen LogP contribution is 2.21. The number of halogens is 1. The van der Waals surface area contributed by atoms with Crippen molar-refractivity contribution in [2.45, 2.75) is 0 Å². The number of Topliss-reactive ketones (excluding diaryl/α,β-unsaturated/α-hetero) is 1. The van der Waals surface area contributed by atoms with E-state index < -0.39 is 0 Å². The van der Waals surface area contributed by atoms with Crippen molar-refractivity contribution in [2.75, 3.05) is 5.75 Å². The molecule has 0 aliphatic carbocycles. The summed E-state index contributed by atoms with van der Waals surface area (Å²) in [5.41, 5.74) is 0. The maximum Gasteiger partial charge on any atom is 0.182 e. The summed E-state index contributed by atoms with van der Waals surface area (Å²) in [6.45, 7) is 0. The molecule has 1 heterocycles. The minimum Gasteiger partial charge on any atom is -0.292 e. The summed E-state index contributed by atoms with van der Waals surface area (Å²) in [4.78, 5) is 11.6. The van der Waals surface area contributed by atoms with E-state index in [0.29, 0.717) is 9.21 Å². The zero-order valence-electron chi connectivity index (χ0n) is 5.00. The summed E-state index contributed by atoms with van der Waals surface area (Å²) in [5, 5.41) is 0. The molecule has 1 nitrogen and oxygen atoms in total. The third-order valence-corrected chi connectivity index (χ3v) is 2.55. The molecule has 4 heteroatoms. The Balaban J connectivity index is 2.85. The Labute approximate surface area is 73.4 Å². The first-order chi connectivity index (χ1) is 4.74. The number of thiophene rings is 1. The minimum atomic E-state index is 0.0280. The van der Waals surface area contributed by atoms with Crippen LogP contribution in [-0.2, 0) is 0 Å². The largest absolute Gasteiger partial charge is 0.292 e. The van der Waals surface area contributed by atoms with Gasteiger partial charge in [0.2, 0.25) is 0 Å². The molecule has 0 aliphatic rings. The van der Waals surface area contributed by atoms with Gasteiger partial charge in [0.25, 0.3) is 0 Å². The Morgan fingerprint density at radius 2 is 2.40 bits per heavy atom. The molecule has 1 rings (SSSR count). The lowest BCUT2D eigenvalue weighted by molar-refractivity contribution is 0.102. The highest BCUT2D eigenvalue weighted by Gasteiger charge is 2.04. The van der Waals surface area contributed by atoms with E-state index >= 15 is 0 Å². The van der Waals surface area contributed by atoms with E-state index in [4.69, 9.17) is 11.6 Å². The van der Waals surface area contributed by atoms with Gasteiger partial charge < -0.3 is 0 Å². The predicted molar refractivity (Wildman–Crippen MR) is 47.5 cm³/mol. The van der Waals surface area contributed by atoms with E-state index in [-0.39, 0.29) is 11.5 Å². The van der Waals surface area contributed by atoms with Crippen molar-refractivity contribution in [1.82, 2.24) is 0 Å². The smallest absolute Gasteiger partial charge is 0.182 e. The number of carbonyl (C=O) groups is 1. The first-order valence-corrected chi connectivity index (χ1v) is 4.46. The number of rotatable bonds is 2. The number of thiol groups is 1. The molecule has 1 aromatic heterocycles. The van der Waals surface area contributed by atoms with Crippen molar-refractivity contribution in [3.05, 3.63) is 21.3 Å². The van der Waals surface area contributed by atoms with Crippen molar-refractivity contribution < 1.29 is 4.79 Å². The lowest BCUT2D eigenvalue weighted by atomic mass is 10.4. The van der Waals surface area contributed by atoms with Gasteiger partial charge in [0, 0.05) is 0 Å². The number of hydrogen-bond acceptors (Lipinski definition) is 3. The van der Waals surface area contributed by atoms with Gasteiger partial charge in [-0.3, -0.25) is 4.79 Å². The van der Waals surface area contributed by atoms with Crippen LogP contribution in [0.15, 0.2) is 12.1 Å². The summed E-state index contributed by atoms with van der Waals surface area (Å²) < 4.78 is 0.644. The molecule has 0 amide bonds. The van der Waals surface area contributed by atoms with Crippen molar-refractivity contribution in [3.63, 3.8) is 0 Å². The van der Waals surface area contributed by atoms with Gasteiger partial charge in [0.15, 0.2) is 5.78 Å². The van der Waals surface area contributed by atoms with E-state index in [0.717, 1.165) is 0 Å². The van der Waals surface area contributed by atoms with Crippen molar-refractivity contribution >= 4 is 41.3 Å². The Kier molecular flexibility index (Phi) is 2.77. The van der Waals surface area contributed by atoms with E-state index in [9.17, 15) is 4.79 Å². The molecule has 54 valence electrons. The highest BCUT2D eigenvalue weighted by molar-refractivity contribution is 7.81. The van der Waals surface area contributed by atoms with Crippen molar-refractivity contribution in [1.29, 1.82) is 0 Å². The van der Waals surface area contributed by atoms with Gasteiger partial charge >= 0.3 is 0 Å². The molecule has 0 saturated carbocycles. The van der Waals surface area contributed by atoms with Crippen LogP contribution in [0, 0.1) is 0 Å². The fourth-order valence-electron chi connectivity index (χ4n) is 0.542. The van der Waals surface area contributed by atoms with Gasteiger partial charge in [-0.2, -0.15) is 12.6 Å². The van der Waals surface area contributed by atoms with Crippen LogP contribution in [0.1, 0.15) is 9.67 Å². The summed E-state index contributed by atoms with van der Waals surface area (Å²) in [7, 11) is 0. The molecular formula is C6H5ClOS2. The molecule has 0 unspecified atom stereocenters. The fourth-order valence-corrected chi connectivity index (χ4v) is 1.80. The number of carbonyl (C=O) groups excluding carboxylic acids is 1. The van der Waals surface area contributed by atoms with E-state index in [1.54, 1.807) is 12.1 Å². The number of ketones is 1. The van der Waals surface area contributed by atoms with Gasteiger partial charge in [-0.25, -0.2) is 0 Å². The van der Waals surface area contributed by atoms with Crippen LogP contribution in [0.5, 0.6) is 0 Å². The molecule has 0 atom stereocenters. The molecular weight excluding hydrogens is 188 g/mol. The molecule has 0 fully saturated rings. The van der Waals surface area contributed by atoms with Crippen molar-refractivity contribution in [2.24, 2.45) is 0 Å². The molecule has 0 radical (unpaired) electrons. The molecule has 0 saturated heterocycles. The first kappa shape index (κ1) is 8.11. The first-order valence-electron chi connectivity index (χ1n) is 2.63. The van der Waals surface area contributed by atoms with Crippen LogP contribution >= 0.6 is 35.6 Å². The SMILES string of the molecule is O=C(CS)c1ccc(Cl)s1. The predicted octanol–water partition coefficient (Wildman–Crippen LogP) is 2.51. The van der Waals surface area contributed by atoms with Gasteiger partial charge in [0.05, 0.1) is 15.0 Å². The molecule has 0 spiro atoms. The van der Waals surface area contributed by atoms with Crippen LogP contribution < -0.4 is 0 Å². The summed E-state index contributed by atoms with van der Waals surface area (Å²) in [6.07, 6.45) is 0. The summed E-state index contributed by atoms with van der Waals surface area (Å²) in [6, 6.07) is 3.43. The molecule has 0 aliphatic heterocycles. The normalized spacial score (nSPS) is 9.80. The molecule has 0 aromatic carbocycles. The Morgan fingerprint density at radius 3 is 2.80 bits per heavy atom. The lowest BCUT2D eigenvalue weighted by Gasteiger charge is -1.86.